The first-order chi connectivity index (χ1) is 12.1. The first-order valence-electron chi connectivity index (χ1n) is 7.86. The van der Waals surface area contributed by atoms with Crippen molar-refractivity contribution >= 4 is 5.91 Å². The van der Waals surface area contributed by atoms with E-state index >= 15 is 0 Å². The lowest BCUT2D eigenvalue weighted by atomic mass is 10.0. The van der Waals surface area contributed by atoms with Gasteiger partial charge in [0.1, 0.15) is 5.82 Å². The van der Waals surface area contributed by atoms with Crippen LogP contribution in [0.5, 0.6) is 0 Å². The summed E-state index contributed by atoms with van der Waals surface area (Å²) in [6.07, 6.45) is 2.74. The van der Waals surface area contributed by atoms with Crippen molar-refractivity contribution in [2.75, 3.05) is 0 Å². The lowest BCUT2D eigenvalue weighted by Gasteiger charge is -2.20. The maximum atomic E-state index is 13.1. The fourth-order valence-electron chi connectivity index (χ4n) is 2.63. The predicted molar refractivity (Wildman–Crippen MR) is 90.3 cm³/mol. The second-order valence-electron chi connectivity index (χ2n) is 5.54. The van der Waals surface area contributed by atoms with E-state index in [1.165, 1.54) is 12.4 Å². The number of nitrogens with zero attached hydrogens (tertiary/aromatic N) is 2. The number of benzene rings is 2. The number of hydrogen-bond acceptors (Lipinski definition) is 2. The summed E-state index contributed by atoms with van der Waals surface area (Å²) < 4.78 is 27.0. The van der Waals surface area contributed by atoms with Crippen molar-refractivity contribution in [3.05, 3.63) is 90.0 Å². The third-order valence-electron chi connectivity index (χ3n) is 3.89. The number of carbonyl (C=O) groups excluding carboxylic acids is 1. The summed E-state index contributed by atoms with van der Waals surface area (Å²) in [6, 6.07) is 17.6. The van der Waals surface area contributed by atoms with Gasteiger partial charge in [0.25, 0.3) is 5.91 Å². The minimum Gasteiger partial charge on any atom is -0.345 e. The molecule has 25 heavy (non-hydrogen) atoms. The number of alkyl halides is 2. The number of rotatable bonds is 6. The third kappa shape index (κ3) is 4.09. The topological polar surface area (TPSA) is 46.9 Å². The monoisotopic (exact) mass is 341 g/mol. The molecule has 1 atom stereocenters. The highest BCUT2D eigenvalue weighted by Gasteiger charge is 2.20. The molecule has 0 aliphatic rings. The molecule has 1 aromatic heterocycles. The quantitative estimate of drug-likeness (QED) is 0.737. The Morgan fingerprint density at radius 1 is 1.04 bits per heavy atom. The molecule has 3 rings (SSSR count). The molecule has 0 aliphatic carbocycles. The Hall–Kier alpha value is -3.02. The van der Waals surface area contributed by atoms with E-state index in [1.54, 1.807) is 24.3 Å². The van der Waals surface area contributed by atoms with Crippen LogP contribution < -0.4 is 5.32 Å². The number of halogens is 2. The fraction of sp³-hybridized carbons (Fsp3) is 0.158. The summed E-state index contributed by atoms with van der Waals surface area (Å²) in [5.74, 6) is -0.0400. The number of aromatic nitrogens is 2. The van der Waals surface area contributed by atoms with Crippen LogP contribution in [-0.2, 0) is 6.42 Å². The Morgan fingerprint density at radius 3 is 2.32 bits per heavy atom. The van der Waals surface area contributed by atoms with Crippen molar-refractivity contribution in [1.82, 2.24) is 14.9 Å². The summed E-state index contributed by atoms with van der Waals surface area (Å²) in [7, 11) is 0. The molecule has 0 saturated carbocycles. The Morgan fingerprint density at radius 2 is 1.68 bits per heavy atom. The first-order valence-corrected chi connectivity index (χ1v) is 7.86. The second kappa shape index (κ2) is 7.70. The Labute approximate surface area is 144 Å². The fourth-order valence-corrected chi connectivity index (χ4v) is 2.63. The highest BCUT2D eigenvalue weighted by Crippen LogP contribution is 2.21. The average molecular weight is 341 g/mol. The molecule has 2 aromatic carbocycles. The molecule has 0 unspecified atom stereocenters. The van der Waals surface area contributed by atoms with Crippen molar-refractivity contribution in [2.45, 2.75) is 19.0 Å². The van der Waals surface area contributed by atoms with Gasteiger partial charge in [0.2, 0.25) is 0 Å². The first kappa shape index (κ1) is 16.8. The molecule has 0 spiro atoms. The largest absolute Gasteiger partial charge is 0.345 e. The molecule has 1 heterocycles. The Kier molecular flexibility index (Phi) is 5.18. The molecule has 1 N–H and O–H groups in total. The van der Waals surface area contributed by atoms with Crippen LogP contribution in [-0.4, -0.2) is 15.5 Å². The molecular formula is C19H17F2N3O. The van der Waals surface area contributed by atoms with Crippen LogP contribution >= 0.6 is 0 Å². The minimum atomic E-state index is -2.67. The highest BCUT2D eigenvalue weighted by atomic mass is 19.3. The molecule has 0 bridgehead atoms. The number of nitrogens with one attached hydrogen (secondary N) is 1. The highest BCUT2D eigenvalue weighted by molar-refractivity contribution is 5.94. The van der Waals surface area contributed by atoms with Crippen molar-refractivity contribution in [1.29, 1.82) is 0 Å². The molecular weight excluding hydrogens is 324 g/mol. The Balaban J connectivity index is 1.86. The van der Waals surface area contributed by atoms with Crippen LogP contribution in [0.4, 0.5) is 8.78 Å². The van der Waals surface area contributed by atoms with Gasteiger partial charge in [-0.25, -0.2) is 4.98 Å². The molecule has 1 amide bonds. The molecule has 4 nitrogen and oxygen atoms in total. The summed E-state index contributed by atoms with van der Waals surface area (Å²) in [4.78, 5) is 16.5. The van der Waals surface area contributed by atoms with Gasteiger partial charge < -0.3 is 5.32 Å². The van der Waals surface area contributed by atoms with Crippen LogP contribution in [0.15, 0.2) is 73.1 Å². The number of amides is 1. The average Bonchev–Trinajstić information content (AvgIpc) is 3.11. The number of imidazole rings is 1. The zero-order valence-electron chi connectivity index (χ0n) is 13.3. The van der Waals surface area contributed by atoms with E-state index in [1.807, 2.05) is 36.4 Å². The van der Waals surface area contributed by atoms with E-state index < -0.39 is 12.6 Å². The molecule has 6 heteroatoms. The standard InChI is InChI=1S/C19H17F2N3O/c20-19(21)24-12-11-22-17(24)13-16(14-7-3-1-4-8-14)23-18(25)15-9-5-2-6-10-15/h1-12,16,19H,13H2,(H,23,25)/t16-/m0/s1. The molecule has 0 fully saturated rings. The van der Waals surface area contributed by atoms with E-state index in [-0.39, 0.29) is 18.2 Å². The lowest BCUT2D eigenvalue weighted by Crippen LogP contribution is -2.30. The van der Waals surface area contributed by atoms with Crippen molar-refractivity contribution < 1.29 is 13.6 Å². The van der Waals surface area contributed by atoms with E-state index in [4.69, 9.17) is 0 Å². The van der Waals surface area contributed by atoms with Gasteiger partial charge in [-0.3, -0.25) is 9.36 Å². The van der Waals surface area contributed by atoms with Crippen LogP contribution in [0.3, 0.4) is 0 Å². The zero-order valence-corrected chi connectivity index (χ0v) is 13.3. The molecule has 0 radical (unpaired) electrons. The summed E-state index contributed by atoms with van der Waals surface area (Å²) in [5.41, 5.74) is 1.34. The van der Waals surface area contributed by atoms with E-state index in [9.17, 15) is 13.6 Å². The van der Waals surface area contributed by atoms with Gasteiger partial charge in [0, 0.05) is 24.4 Å². The van der Waals surface area contributed by atoms with Crippen molar-refractivity contribution in [3.63, 3.8) is 0 Å². The predicted octanol–water partition coefficient (Wildman–Crippen LogP) is 3.99. The summed E-state index contributed by atoms with van der Waals surface area (Å²) >= 11 is 0. The number of hydrogen-bond donors (Lipinski definition) is 1. The normalized spacial score (nSPS) is 12.1. The van der Waals surface area contributed by atoms with Gasteiger partial charge in [-0.1, -0.05) is 48.5 Å². The van der Waals surface area contributed by atoms with Crippen LogP contribution in [0.25, 0.3) is 0 Å². The van der Waals surface area contributed by atoms with Gasteiger partial charge >= 0.3 is 6.55 Å². The Bertz CT molecular complexity index is 819. The van der Waals surface area contributed by atoms with Crippen LogP contribution in [0.1, 0.15) is 34.3 Å². The van der Waals surface area contributed by atoms with E-state index in [2.05, 4.69) is 10.3 Å². The van der Waals surface area contributed by atoms with E-state index in [0.717, 1.165) is 10.1 Å². The van der Waals surface area contributed by atoms with Gasteiger partial charge in [-0.2, -0.15) is 8.78 Å². The number of carbonyl (C=O) groups is 1. The third-order valence-corrected chi connectivity index (χ3v) is 3.89. The van der Waals surface area contributed by atoms with Gasteiger partial charge in [-0.05, 0) is 17.7 Å². The summed E-state index contributed by atoms with van der Waals surface area (Å²) in [5, 5.41) is 2.92. The maximum absolute atomic E-state index is 13.1. The lowest BCUT2D eigenvalue weighted by molar-refractivity contribution is 0.0665. The van der Waals surface area contributed by atoms with Crippen LogP contribution in [0.2, 0.25) is 0 Å². The summed E-state index contributed by atoms with van der Waals surface area (Å²) in [6.45, 7) is -2.67. The van der Waals surface area contributed by atoms with E-state index in [0.29, 0.717) is 5.56 Å². The SMILES string of the molecule is O=C(N[C@@H](Cc1nccn1C(F)F)c1ccccc1)c1ccccc1. The maximum Gasteiger partial charge on any atom is 0.319 e. The molecule has 128 valence electrons. The van der Waals surface area contributed by atoms with Crippen molar-refractivity contribution in [2.24, 2.45) is 0 Å². The molecule has 3 aromatic rings. The molecule has 0 saturated heterocycles. The molecule has 0 aliphatic heterocycles. The van der Waals surface area contributed by atoms with Gasteiger partial charge in [0.05, 0.1) is 6.04 Å². The second-order valence-corrected chi connectivity index (χ2v) is 5.54. The zero-order chi connectivity index (χ0) is 17.6. The van der Waals surface area contributed by atoms with Crippen molar-refractivity contribution in [3.8, 4) is 0 Å². The smallest absolute Gasteiger partial charge is 0.319 e. The minimum absolute atomic E-state index is 0.167. The van der Waals surface area contributed by atoms with Gasteiger partial charge in [0.15, 0.2) is 0 Å². The van der Waals surface area contributed by atoms with Crippen LogP contribution in [0, 0.1) is 0 Å². The van der Waals surface area contributed by atoms with Gasteiger partial charge in [-0.15, -0.1) is 0 Å².